The van der Waals surface area contributed by atoms with Gasteiger partial charge in [-0.3, -0.25) is 14.9 Å². The van der Waals surface area contributed by atoms with Crippen LogP contribution in [0.2, 0.25) is 0 Å². The van der Waals surface area contributed by atoms with E-state index < -0.39 is 0 Å². The molecule has 158 valence electrons. The molecular weight excluding hydrogens is 384 g/mol. The van der Waals surface area contributed by atoms with Crippen LogP contribution in [0.4, 0.5) is 0 Å². The molecule has 1 aliphatic carbocycles. The molecule has 1 aromatic heterocycles. The first-order valence-corrected chi connectivity index (χ1v) is 11.2. The maximum Gasteiger partial charge on any atom is 0.259 e. The molecule has 0 bridgehead atoms. The van der Waals surface area contributed by atoms with Gasteiger partial charge in [0.15, 0.2) is 0 Å². The second-order valence-corrected chi connectivity index (χ2v) is 7.34. The Labute approximate surface area is 182 Å². The monoisotopic (exact) mass is 412 g/mol. The molecule has 0 radical (unpaired) electrons. The number of rotatable bonds is 0. The fourth-order valence-corrected chi connectivity index (χ4v) is 4.97. The van der Waals surface area contributed by atoms with Crippen LogP contribution >= 0.6 is 0 Å². The molecule has 0 saturated carbocycles. The van der Waals surface area contributed by atoms with Gasteiger partial charge in [0.1, 0.15) is 0 Å². The van der Waals surface area contributed by atoms with Crippen LogP contribution in [-0.4, -0.2) is 16.4 Å². The maximum atomic E-state index is 12.7. The minimum Gasteiger partial charge on any atom is -0.343 e. The van der Waals surface area contributed by atoms with Gasteiger partial charge < -0.3 is 4.57 Å². The van der Waals surface area contributed by atoms with E-state index in [9.17, 15) is 9.59 Å². The van der Waals surface area contributed by atoms with Gasteiger partial charge in [0.2, 0.25) is 0 Å². The third-order valence-electron chi connectivity index (χ3n) is 6.06. The SMILES string of the molecule is CC.CC.Cn1c2ccccc2c2c3c(c4c(c21)-c1ccccc1CC4)C(=O)NC3=O. The largest absolute Gasteiger partial charge is 0.343 e. The summed E-state index contributed by atoms with van der Waals surface area (Å²) in [6.07, 6.45) is 1.65. The standard InChI is InChI=1S/C23H16N2O2.2C2H6/c1-25-16-9-5-4-8-14(16)18-20-19(22(26)24-23(20)27)15-11-10-12-6-2-3-7-13(12)17(15)21(18)25;2*1-2/h2-9H,10-11H2,1H3,(H,24,26,27);2*1-2H3. The molecule has 0 spiro atoms. The van der Waals surface area contributed by atoms with Gasteiger partial charge in [-0.25, -0.2) is 0 Å². The highest BCUT2D eigenvalue weighted by atomic mass is 16.2. The lowest BCUT2D eigenvalue weighted by Gasteiger charge is -2.23. The quantitative estimate of drug-likeness (QED) is 0.358. The number of para-hydroxylation sites is 1. The normalized spacial score (nSPS) is 13.5. The van der Waals surface area contributed by atoms with E-state index in [0.29, 0.717) is 11.1 Å². The Morgan fingerprint density at radius 3 is 2.19 bits per heavy atom. The van der Waals surface area contributed by atoms with Crippen LogP contribution in [0.1, 0.15) is 59.5 Å². The van der Waals surface area contributed by atoms with Crippen molar-refractivity contribution in [1.82, 2.24) is 9.88 Å². The van der Waals surface area contributed by atoms with Gasteiger partial charge in [-0.1, -0.05) is 70.2 Å². The van der Waals surface area contributed by atoms with Crippen LogP contribution in [-0.2, 0) is 19.9 Å². The van der Waals surface area contributed by atoms with Crippen LogP contribution in [0.15, 0.2) is 48.5 Å². The number of aromatic nitrogens is 1. The van der Waals surface area contributed by atoms with Crippen molar-refractivity contribution in [2.75, 3.05) is 0 Å². The number of hydrogen-bond acceptors (Lipinski definition) is 2. The number of carbonyl (C=O) groups is 2. The molecule has 4 nitrogen and oxygen atoms in total. The summed E-state index contributed by atoms with van der Waals surface area (Å²) in [5.74, 6) is -0.543. The van der Waals surface area contributed by atoms with Crippen LogP contribution < -0.4 is 5.32 Å². The second kappa shape index (κ2) is 8.03. The van der Waals surface area contributed by atoms with Crippen LogP contribution in [0.25, 0.3) is 32.9 Å². The van der Waals surface area contributed by atoms with Crippen molar-refractivity contribution in [3.8, 4) is 11.1 Å². The molecule has 2 heterocycles. The first kappa shape index (κ1) is 20.9. The highest BCUT2D eigenvalue weighted by Gasteiger charge is 2.37. The Bertz CT molecular complexity index is 1340. The highest BCUT2D eigenvalue weighted by molar-refractivity contribution is 6.33. The molecule has 1 aliphatic heterocycles. The third kappa shape index (κ3) is 2.82. The summed E-state index contributed by atoms with van der Waals surface area (Å²) in [6.45, 7) is 8.00. The summed E-state index contributed by atoms with van der Waals surface area (Å²) < 4.78 is 2.17. The van der Waals surface area contributed by atoms with Crippen LogP contribution in [0.5, 0.6) is 0 Å². The van der Waals surface area contributed by atoms with Gasteiger partial charge in [-0.15, -0.1) is 0 Å². The molecule has 0 saturated heterocycles. The van der Waals surface area contributed by atoms with Crippen molar-refractivity contribution in [3.05, 3.63) is 70.8 Å². The molecule has 31 heavy (non-hydrogen) atoms. The van der Waals surface area contributed by atoms with Crippen LogP contribution in [0, 0.1) is 0 Å². The van der Waals surface area contributed by atoms with Gasteiger partial charge in [-0.2, -0.15) is 0 Å². The van der Waals surface area contributed by atoms with Gasteiger partial charge in [0.25, 0.3) is 11.8 Å². The van der Waals surface area contributed by atoms with E-state index in [-0.39, 0.29) is 11.8 Å². The Morgan fingerprint density at radius 1 is 0.774 bits per heavy atom. The number of aryl methyl sites for hydroxylation is 2. The molecule has 3 aromatic carbocycles. The Balaban J connectivity index is 0.000000549. The Kier molecular flexibility index (Phi) is 5.40. The average molecular weight is 413 g/mol. The molecular formula is C27H28N2O2. The Morgan fingerprint density at radius 2 is 1.42 bits per heavy atom. The van der Waals surface area contributed by atoms with Crippen molar-refractivity contribution in [2.24, 2.45) is 7.05 Å². The van der Waals surface area contributed by atoms with E-state index in [1.807, 2.05) is 59.0 Å². The number of benzene rings is 3. The van der Waals surface area contributed by atoms with Crippen molar-refractivity contribution < 1.29 is 9.59 Å². The number of nitrogens with zero attached hydrogens (tertiary/aromatic N) is 1. The Hall–Kier alpha value is -3.40. The predicted octanol–water partition coefficient (Wildman–Crippen LogP) is 6.03. The molecule has 1 N–H and O–H groups in total. The third-order valence-corrected chi connectivity index (χ3v) is 6.06. The zero-order chi connectivity index (χ0) is 22.3. The minimum absolute atomic E-state index is 0.263. The summed E-state index contributed by atoms with van der Waals surface area (Å²) in [5.41, 5.74) is 7.81. The fourth-order valence-electron chi connectivity index (χ4n) is 4.97. The van der Waals surface area contributed by atoms with Crippen LogP contribution in [0.3, 0.4) is 0 Å². The number of nitrogens with one attached hydrogen (secondary N) is 1. The number of hydrogen-bond donors (Lipinski definition) is 1. The highest BCUT2D eigenvalue weighted by Crippen LogP contribution is 2.46. The van der Waals surface area contributed by atoms with E-state index in [1.54, 1.807) is 0 Å². The smallest absolute Gasteiger partial charge is 0.259 e. The van der Waals surface area contributed by atoms with Crippen molar-refractivity contribution in [2.45, 2.75) is 40.5 Å². The maximum absolute atomic E-state index is 12.7. The zero-order valence-electron chi connectivity index (χ0n) is 18.8. The summed E-state index contributed by atoms with van der Waals surface area (Å²) in [4.78, 5) is 25.4. The molecule has 0 fully saturated rings. The minimum atomic E-state index is -0.280. The van der Waals surface area contributed by atoms with Crippen molar-refractivity contribution >= 4 is 33.6 Å². The average Bonchev–Trinajstić information content (AvgIpc) is 3.29. The van der Waals surface area contributed by atoms with E-state index in [2.05, 4.69) is 34.1 Å². The van der Waals surface area contributed by atoms with Gasteiger partial charge in [0, 0.05) is 28.9 Å². The summed E-state index contributed by atoms with van der Waals surface area (Å²) in [5, 5.41) is 4.44. The lowest BCUT2D eigenvalue weighted by atomic mass is 9.80. The van der Waals surface area contributed by atoms with Gasteiger partial charge in [-0.05, 0) is 35.6 Å². The summed E-state index contributed by atoms with van der Waals surface area (Å²) in [6, 6.07) is 16.5. The van der Waals surface area contributed by atoms with E-state index in [4.69, 9.17) is 0 Å². The lowest BCUT2D eigenvalue weighted by molar-refractivity contribution is 0.0880. The number of amides is 2. The van der Waals surface area contributed by atoms with E-state index in [0.717, 1.165) is 45.8 Å². The first-order valence-electron chi connectivity index (χ1n) is 11.2. The first-order chi connectivity index (χ1) is 15.2. The molecule has 4 heteroatoms. The van der Waals surface area contributed by atoms with Crippen molar-refractivity contribution in [3.63, 3.8) is 0 Å². The second-order valence-electron chi connectivity index (χ2n) is 7.34. The topological polar surface area (TPSA) is 51.1 Å². The van der Waals surface area contributed by atoms with E-state index in [1.165, 1.54) is 11.1 Å². The fraction of sp³-hybridized carbons (Fsp3) is 0.259. The summed E-state index contributed by atoms with van der Waals surface area (Å²) in [7, 11) is 2.04. The molecule has 0 atom stereocenters. The molecule has 6 rings (SSSR count). The lowest BCUT2D eigenvalue weighted by Crippen LogP contribution is -2.20. The van der Waals surface area contributed by atoms with Gasteiger partial charge in [0.05, 0.1) is 16.6 Å². The number of fused-ring (bicyclic) bond motifs is 10. The number of imide groups is 1. The van der Waals surface area contributed by atoms with E-state index >= 15 is 0 Å². The number of carbonyl (C=O) groups excluding carboxylic acids is 2. The zero-order valence-corrected chi connectivity index (χ0v) is 18.8. The van der Waals surface area contributed by atoms with Gasteiger partial charge >= 0.3 is 0 Å². The molecule has 4 aromatic rings. The predicted molar refractivity (Wildman–Crippen MR) is 128 cm³/mol. The van der Waals surface area contributed by atoms with Crippen molar-refractivity contribution in [1.29, 1.82) is 0 Å². The summed E-state index contributed by atoms with van der Waals surface area (Å²) >= 11 is 0. The molecule has 0 unspecified atom stereocenters. The molecule has 2 aliphatic rings. The molecule has 2 amide bonds.